The highest BCUT2D eigenvalue weighted by Gasteiger charge is 2.03. The van der Waals surface area contributed by atoms with Gasteiger partial charge in [0.1, 0.15) is 6.33 Å². The molecule has 0 aliphatic rings. The van der Waals surface area contributed by atoms with Gasteiger partial charge < -0.3 is 0 Å². The van der Waals surface area contributed by atoms with Crippen molar-refractivity contribution in [2.24, 2.45) is 0 Å². The fraction of sp³-hybridized carbons (Fsp3) is 0.333. The molecular formula is C15H20N2. The molecule has 0 aliphatic carbocycles. The summed E-state index contributed by atoms with van der Waals surface area (Å²) in [6.45, 7) is 10.4. The topological polar surface area (TPSA) is 25.8 Å². The minimum atomic E-state index is 0.983. The van der Waals surface area contributed by atoms with Gasteiger partial charge in [-0.3, -0.25) is 0 Å². The van der Waals surface area contributed by atoms with Crippen molar-refractivity contribution >= 4 is 0 Å². The van der Waals surface area contributed by atoms with Gasteiger partial charge in [0.05, 0.1) is 5.69 Å². The van der Waals surface area contributed by atoms with Crippen LogP contribution in [-0.4, -0.2) is 9.97 Å². The van der Waals surface area contributed by atoms with Gasteiger partial charge in [0.25, 0.3) is 0 Å². The Morgan fingerprint density at radius 2 is 1.53 bits per heavy atom. The van der Waals surface area contributed by atoms with Gasteiger partial charge in [-0.1, -0.05) is 13.8 Å². The first-order valence-electron chi connectivity index (χ1n) is 6.02. The molecule has 0 N–H and O–H groups in total. The van der Waals surface area contributed by atoms with E-state index in [1.807, 2.05) is 19.9 Å². The second kappa shape index (κ2) is 6.14. The lowest BCUT2D eigenvalue weighted by molar-refractivity contribution is 1.17. The van der Waals surface area contributed by atoms with Gasteiger partial charge in [0, 0.05) is 11.8 Å². The Hall–Kier alpha value is -1.70. The molecule has 1 aromatic carbocycles. The predicted molar refractivity (Wildman–Crippen MR) is 73.0 cm³/mol. The van der Waals surface area contributed by atoms with Crippen LogP contribution in [0.4, 0.5) is 0 Å². The number of nitrogens with zero attached hydrogens (tertiary/aromatic N) is 2. The molecule has 0 fully saturated rings. The lowest BCUT2D eigenvalue weighted by Crippen LogP contribution is -1.90. The lowest BCUT2D eigenvalue weighted by atomic mass is 9.99. The summed E-state index contributed by atoms with van der Waals surface area (Å²) in [4.78, 5) is 8.17. The summed E-state index contributed by atoms with van der Waals surface area (Å²) in [6.07, 6.45) is 3.35. The van der Waals surface area contributed by atoms with Crippen LogP contribution in [0.5, 0.6) is 0 Å². The van der Waals surface area contributed by atoms with Crippen LogP contribution in [0.25, 0.3) is 11.3 Å². The molecule has 2 aromatic rings. The van der Waals surface area contributed by atoms with Crippen molar-refractivity contribution in [1.29, 1.82) is 0 Å². The molecule has 0 saturated heterocycles. The number of hydrogen-bond donors (Lipinski definition) is 0. The summed E-state index contributed by atoms with van der Waals surface area (Å²) >= 11 is 0. The molecule has 0 aliphatic heterocycles. The Morgan fingerprint density at radius 3 is 2.00 bits per heavy atom. The van der Waals surface area contributed by atoms with E-state index in [0.29, 0.717) is 0 Å². The molecule has 0 saturated carbocycles. The molecule has 2 nitrogen and oxygen atoms in total. The Bertz CT molecular complexity index is 453. The van der Waals surface area contributed by atoms with Gasteiger partial charge in [0.2, 0.25) is 0 Å². The summed E-state index contributed by atoms with van der Waals surface area (Å²) < 4.78 is 0. The second-order valence-electron chi connectivity index (χ2n) is 3.83. The van der Waals surface area contributed by atoms with E-state index in [4.69, 9.17) is 0 Å². The van der Waals surface area contributed by atoms with Crippen LogP contribution in [0, 0.1) is 20.8 Å². The normalized spacial score (nSPS) is 9.47. The van der Waals surface area contributed by atoms with Gasteiger partial charge in [0.15, 0.2) is 0 Å². The highest BCUT2D eigenvalue weighted by molar-refractivity contribution is 5.62. The summed E-state index contributed by atoms with van der Waals surface area (Å²) in [5.74, 6) is 0. The average Bonchev–Trinajstić information content (AvgIpc) is 2.39. The van der Waals surface area contributed by atoms with Crippen LogP contribution in [0.1, 0.15) is 30.5 Å². The maximum Gasteiger partial charge on any atom is 0.116 e. The van der Waals surface area contributed by atoms with Gasteiger partial charge in [-0.25, -0.2) is 9.97 Å². The van der Waals surface area contributed by atoms with Crippen molar-refractivity contribution in [2.75, 3.05) is 0 Å². The number of hydrogen-bond acceptors (Lipinski definition) is 2. The molecule has 0 radical (unpaired) electrons. The Morgan fingerprint density at radius 1 is 0.941 bits per heavy atom. The fourth-order valence-electron chi connectivity index (χ4n) is 1.65. The molecule has 0 bridgehead atoms. The van der Waals surface area contributed by atoms with Gasteiger partial charge >= 0.3 is 0 Å². The number of rotatable bonds is 1. The van der Waals surface area contributed by atoms with Crippen molar-refractivity contribution < 1.29 is 0 Å². The third kappa shape index (κ3) is 3.13. The second-order valence-corrected chi connectivity index (χ2v) is 3.83. The quantitative estimate of drug-likeness (QED) is 0.734. The molecule has 2 rings (SSSR count). The van der Waals surface area contributed by atoms with Crippen LogP contribution in [-0.2, 0) is 0 Å². The van der Waals surface area contributed by atoms with Crippen LogP contribution in [0.15, 0.2) is 30.7 Å². The molecule has 0 amide bonds. The highest BCUT2D eigenvalue weighted by Crippen LogP contribution is 2.22. The molecule has 1 aromatic heterocycles. The molecule has 0 unspecified atom stereocenters. The molecule has 2 heteroatoms. The van der Waals surface area contributed by atoms with Crippen LogP contribution in [0.2, 0.25) is 0 Å². The molecule has 1 heterocycles. The van der Waals surface area contributed by atoms with E-state index in [9.17, 15) is 0 Å². The SMILES string of the molecule is CC.Cc1cc(-c2ccncn2)cc(C)c1C. The molecule has 0 spiro atoms. The van der Waals surface area contributed by atoms with Crippen LogP contribution in [0.3, 0.4) is 0 Å². The van der Waals surface area contributed by atoms with Crippen LogP contribution < -0.4 is 0 Å². The molecule has 17 heavy (non-hydrogen) atoms. The molecule has 90 valence electrons. The maximum absolute atomic E-state index is 4.25. The van der Waals surface area contributed by atoms with Gasteiger partial charge in [-0.15, -0.1) is 0 Å². The van der Waals surface area contributed by atoms with E-state index in [1.54, 1.807) is 12.5 Å². The maximum atomic E-state index is 4.25. The molecule has 0 atom stereocenters. The number of aromatic nitrogens is 2. The van der Waals surface area contributed by atoms with E-state index in [2.05, 4.69) is 42.9 Å². The minimum absolute atomic E-state index is 0.983. The first kappa shape index (κ1) is 13.4. The number of aryl methyl sites for hydroxylation is 2. The number of benzene rings is 1. The molecular weight excluding hydrogens is 208 g/mol. The largest absolute Gasteiger partial charge is 0.245 e. The summed E-state index contributed by atoms with van der Waals surface area (Å²) in [7, 11) is 0. The smallest absolute Gasteiger partial charge is 0.116 e. The van der Waals surface area contributed by atoms with Crippen molar-refractivity contribution in [3.05, 3.63) is 47.4 Å². The van der Waals surface area contributed by atoms with E-state index in [1.165, 1.54) is 16.7 Å². The first-order chi connectivity index (χ1) is 8.18. The zero-order valence-electron chi connectivity index (χ0n) is 11.3. The van der Waals surface area contributed by atoms with Crippen molar-refractivity contribution in [3.8, 4) is 11.3 Å². The Kier molecular flexibility index (Phi) is 4.83. The van der Waals surface area contributed by atoms with Crippen LogP contribution >= 0.6 is 0 Å². The van der Waals surface area contributed by atoms with Crippen molar-refractivity contribution in [2.45, 2.75) is 34.6 Å². The third-order valence-corrected chi connectivity index (χ3v) is 2.80. The van der Waals surface area contributed by atoms with Gasteiger partial charge in [-0.05, 0) is 55.7 Å². The monoisotopic (exact) mass is 228 g/mol. The van der Waals surface area contributed by atoms with E-state index < -0.39 is 0 Å². The Balaban J connectivity index is 0.000000686. The summed E-state index contributed by atoms with van der Waals surface area (Å²) in [6, 6.07) is 6.28. The third-order valence-electron chi connectivity index (χ3n) is 2.80. The Labute approximate surface area is 104 Å². The average molecular weight is 228 g/mol. The summed E-state index contributed by atoms with van der Waals surface area (Å²) in [5, 5.41) is 0. The standard InChI is InChI=1S/C13H14N2.C2H6/c1-9-6-12(7-10(2)11(9)3)13-4-5-14-8-15-13;1-2/h4-8H,1-3H3;1-2H3. The zero-order chi connectivity index (χ0) is 12.8. The van der Waals surface area contributed by atoms with E-state index in [0.717, 1.165) is 11.3 Å². The van der Waals surface area contributed by atoms with E-state index in [-0.39, 0.29) is 0 Å². The zero-order valence-corrected chi connectivity index (χ0v) is 11.3. The fourth-order valence-corrected chi connectivity index (χ4v) is 1.65. The lowest BCUT2D eigenvalue weighted by Gasteiger charge is -2.08. The first-order valence-corrected chi connectivity index (χ1v) is 6.02. The van der Waals surface area contributed by atoms with Gasteiger partial charge in [-0.2, -0.15) is 0 Å². The predicted octanol–water partition coefficient (Wildman–Crippen LogP) is 4.10. The highest BCUT2D eigenvalue weighted by atomic mass is 14.8. The van der Waals surface area contributed by atoms with Crippen molar-refractivity contribution in [3.63, 3.8) is 0 Å². The van der Waals surface area contributed by atoms with Crippen molar-refractivity contribution in [1.82, 2.24) is 9.97 Å². The minimum Gasteiger partial charge on any atom is -0.245 e. The van der Waals surface area contributed by atoms with E-state index >= 15 is 0 Å². The summed E-state index contributed by atoms with van der Waals surface area (Å²) in [5.41, 5.74) is 6.12.